The van der Waals surface area contributed by atoms with Gasteiger partial charge >= 0.3 is 0 Å². The highest BCUT2D eigenvalue weighted by Gasteiger charge is 2.34. The number of hydrogen-bond acceptors (Lipinski definition) is 2. The number of benzene rings is 2. The van der Waals surface area contributed by atoms with Crippen molar-refractivity contribution in [1.29, 1.82) is 0 Å². The molecule has 3 aromatic rings. The standard InChI is InChI=1S/C26H26FN3O/c1-17-12-19(5-9-24(17)29-15-18(2)28-16-29)13-21-4-3-11-30(26(21)31)25-10-7-20-6-8-22(27)14-23(20)25/h5-6,8-9,12-16,25H,3-4,7,10-11H2,1-2H3/b21-13+/t25-/m1/s1. The average Bonchev–Trinajstić information content (AvgIpc) is 3.36. The lowest BCUT2D eigenvalue weighted by molar-refractivity contribution is -0.131. The molecular weight excluding hydrogens is 389 g/mol. The van der Waals surface area contributed by atoms with Gasteiger partial charge in [-0.15, -0.1) is 0 Å². The van der Waals surface area contributed by atoms with Gasteiger partial charge in [-0.25, -0.2) is 9.37 Å². The number of imidazole rings is 1. The second-order valence-corrected chi connectivity index (χ2v) is 8.64. The second kappa shape index (κ2) is 7.80. The van der Waals surface area contributed by atoms with Crippen molar-refractivity contribution in [2.45, 2.75) is 45.6 Å². The number of amides is 1. The molecule has 0 N–H and O–H groups in total. The van der Waals surface area contributed by atoms with Crippen LogP contribution in [-0.4, -0.2) is 26.9 Å². The van der Waals surface area contributed by atoms with Crippen LogP contribution in [0.25, 0.3) is 11.8 Å². The van der Waals surface area contributed by atoms with Crippen molar-refractivity contribution in [2.24, 2.45) is 0 Å². The van der Waals surface area contributed by atoms with E-state index in [9.17, 15) is 9.18 Å². The lowest BCUT2D eigenvalue weighted by Gasteiger charge is -2.34. The van der Waals surface area contributed by atoms with Gasteiger partial charge in [0.05, 0.1) is 18.1 Å². The van der Waals surface area contributed by atoms with Crippen LogP contribution >= 0.6 is 0 Å². The molecule has 1 aromatic heterocycles. The molecule has 0 bridgehead atoms. The third kappa shape index (κ3) is 3.69. The Balaban J connectivity index is 1.41. The maximum Gasteiger partial charge on any atom is 0.250 e. The fraction of sp³-hybridized carbons (Fsp3) is 0.308. The van der Waals surface area contributed by atoms with Gasteiger partial charge in [0, 0.05) is 24.0 Å². The van der Waals surface area contributed by atoms with E-state index in [1.54, 1.807) is 6.07 Å². The molecule has 1 amide bonds. The Morgan fingerprint density at radius 1 is 1.13 bits per heavy atom. The van der Waals surface area contributed by atoms with Crippen molar-refractivity contribution in [2.75, 3.05) is 6.54 Å². The van der Waals surface area contributed by atoms with Gasteiger partial charge in [-0.3, -0.25) is 4.79 Å². The van der Waals surface area contributed by atoms with Crippen molar-refractivity contribution in [3.63, 3.8) is 0 Å². The number of likely N-dealkylation sites (tertiary alicyclic amines) is 1. The van der Waals surface area contributed by atoms with Crippen LogP contribution < -0.4 is 0 Å². The zero-order valence-electron chi connectivity index (χ0n) is 17.9. The van der Waals surface area contributed by atoms with Gasteiger partial charge in [0.1, 0.15) is 5.82 Å². The Kier molecular flexibility index (Phi) is 4.97. The van der Waals surface area contributed by atoms with Crippen LogP contribution in [0.2, 0.25) is 0 Å². The smallest absolute Gasteiger partial charge is 0.250 e. The van der Waals surface area contributed by atoms with E-state index in [2.05, 4.69) is 30.1 Å². The van der Waals surface area contributed by atoms with Crippen LogP contribution in [0, 0.1) is 19.7 Å². The van der Waals surface area contributed by atoms with Crippen molar-refractivity contribution in [3.05, 3.63) is 88.3 Å². The van der Waals surface area contributed by atoms with E-state index in [-0.39, 0.29) is 17.8 Å². The van der Waals surface area contributed by atoms with Crippen molar-refractivity contribution in [3.8, 4) is 5.69 Å². The number of piperidine rings is 1. The molecule has 1 aliphatic carbocycles. The van der Waals surface area contributed by atoms with Crippen LogP contribution in [0.5, 0.6) is 0 Å². The summed E-state index contributed by atoms with van der Waals surface area (Å²) in [5.74, 6) is -0.144. The lowest BCUT2D eigenvalue weighted by Crippen LogP contribution is -2.39. The Hall–Kier alpha value is -3.21. The summed E-state index contributed by atoms with van der Waals surface area (Å²) in [6.45, 7) is 4.78. The molecule has 2 aliphatic rings. The topological polar surface area (TPSA) is 38.1 Å². The first-order valence-corrected chi connectivity index (χ1v) is 10.9. The summed E-state index contributed by atoms with van der Waals surface area (Å²) < 4.78 is 15.9. The van der Waals surface area contributed by atoms with Crippen LogP contribution in [0.3, 0.4) is 0 Å². The average molecular weight is 416 g/mol. The van der Waals surface area contributed by atoms with Crippen LogP contribution in [-0.2, 0) is 11.2 Å². The number of aryl methyl sites for hydroxylation is 3. The SMILES string of the molecule is Cc1cn(-c2ccc(/C=C3\CCCN([C@@H]4CCc5ccc(F)cc54)C3=O)cc2C)cn1. The molecule has 2 aromatic carbocycles. The molecule has 158 valence electrons. The number of hydrogen-bond donors (Lipinski definition) is 0. The first kappa shape index (κ1) is 19.7. The van der Waals surface area contributed by atoms with Crippen LogP contribution in [0.15, 0.2) is 54.5 Å². The van der Waals surface area contributed by atoms with E-state index >= 15 is 0 Å². The number of carbonyl (C=O) groups excluding carboxylic acids is 1. The number of rotatable bonds is 3. The quantitative estimate of drug-likeness (QED) is 0.543. The van der Waals surface area contributed by atoms with Crippen molar-refractivity contribution >= 4 is 12.0 Å². The molecule has 1 saturated heterocycles. The maximum atomic E-state index is 13.8. The minimum Gasteiger partial charge on any atom is -0.332 e. The Bertz CT molecular complexity index is 1190. The monoisotopic (exact) mass is 415 g/mol. The third-order valence-electron chi connectivity index (χ3n) is 6.46. The number of aromatic nitrogens is 2. The summed E-state index contributed by atoms with van der Waals surface area (Å²) in [5, 5.41) is 0. The first-order chi connectivity index (χ1) is 15.0. The Morgan fingerprint density at radius 2 is 2.00 bits per heavy atom. The van der Waals surface area contributed by atoms with Crippen molar-refractivity contribution in [1.82, 2.24) is 14.5 Å². The number of fused-ring (bicyclic) bond motifs is 1. The molecular formula is C26H26FN3O. The number of halogens is 1. The minimum atomic E-state index is -0.227. The summed E-state index contributed by atoms with van der Waals surface area (Å²) in [4.78, 5) is 19.6. The Labute approximate surface area is 182 Å². The third-order valence-corrected chi connectivity index (χ3v) is 6.46. The lowest BCUT2D eigenvalue weighted by atomic mass is 9.97. The molecule has 0 saturated carbocycles. The summed E-state index contributed by atoms with van der Waals surface area (Å²) in [7, 11) is 0. The number of nitrogens with zero attached hydrogens (tertiary/aromatic N) is 3. The summed E-state index contributed by atoms with van der Waals surface area (Å²) in [6, 6.07) is 11.2. The van der Waals surface area contributed by atoms with E-state index in [1.807, 2.05) is 41.1 Å². The molecule has 2 heterocycles. The fourth-order valence-electron chi connectivity index (χ4n) is 4.95. The molecule has 1 aliphatic heterocycles. The molecule has 5 rings (SSSR count). The zero-order valence-corrected chi connectivity index (χ0v) is 17.9. The zero-order chi connectivity index (χ0) is 21.5. The van der Waals surface area contributed by atoms with E-state index < -0.39 is 0 Å². The second-order valence-electron chi connectivity index (χ2n) is 8.64. The van der Waals surface area contributed by atoms with Crippen LogP contribution in [0.1, 0.15) is 53.3 Å². The highest BCUT2D eigenvalue weighted by atomic mass is 19.1. The number of carbonyl (C=O) groups is 1. The van der Waals surface area contributed by atoms with E-state index in [1.165, 1.54) is 6.07 Å². The molecule has 5 heteroatoms. The van der Waals surface area contributed by atoms with Gasteiger partial charge in [-0.1, -0.05) is 12.1 Å². The molecule has 4 nitrogen and oxygen atoms in total. The summed E-state index contributed by atoms with van der Waals surface area (Å²) in [5.41, 5.74) is 7.20. The molecule has 0 unspecified atom stereocenters. The fourth-order valence-corrected chi connectivity index (χ4v) is 4.95. The molecule has 31 heavy (non-hydrogen) atoms. The van der Waals surface area contributed by atoms with Gasteiger partial charge in [0.15, 0.2) is 0 Å². The maximum absolute atomic E-state index is 13.8. The predicted octanol–water partition coefficient (Wildman–Crippen LogP) is 5.32. The van der Waals surface area contributed by atoms with Gasteiger partial charge in [-0.05, 0) is 92.1 Å². The Morgan fingerprint density at radius 3 is 2.77 bits per heavy atom. The largest absolute Gasteiger partial charge is 0.332 e. The van der Waals surface area contributed by atoms with Gasteiger partial charge in [-0.2, -0.15) is 0 Å². The molecule has 1 fully saturated rings. The highest BCUT2D eigenvalue weighted by Crippen LogP contribution is 2.39. The van der Waals surface area contributed by atoms with E-state index in [0.717, 1.165) is 71.4 Å². The normalized spacial score (nSPS) is 19.8. The van der Waals surface area contributed by atoms with E-state index in [4.69, 9.17) is 0 Å². The molecule has 0 radical (unpaired) electrons. The summed E-state index contributed by atoms with van der Waals surface area (Å²) >= 11 is 0. The highest BCUT2D eigenvalue weighted by molar-refractivity contribution is 5.98. The molecule has 1 atom stereocenters. The summed E-state index contributed by atoms with van der Waals surface area (Å²) in [6.07, 6.45) is 9.33. The van der Waals surface area contributed by atoms with Gasteiger partial charge in [0.25, 0.3) is 0 Å². The van der Waals surface area contributed by atoms with Gasteiger partial charge < -0.3 is 9.47 Å². The van der Waals surface area contributed by atoms with Crippen molar-refractivity contribution < 1.29 is 9.18 Å². The van der Waals surface area contributed by atoms with E-state index in [0.29, 0.717) is 0 Å². The predicted molar refractivity (Wildman–Crippen MR) is 119 cm³/mol. The minimum absolute atomic E-state index is 0.0181. The first-order valence-electron chi connectivity index (χ1n) is 10.9. The van der Waals surface area contributed by atoms with Crippen LogP contribution in [0.4, 0.5) is 4.39 Å². The van der Waals surface area contributed by atoms with Gasteiger partial charge in [0.2, 0.25) is 5.91 Å². The molecule has 0 spiro atoms.